The van der Waals surface area contributed by atoms with Crippen LogP contribution in [-0.4, -0.2) is 22.8 Å². The summed E-state index contributed by atoms with van der Waals surface area (Å²) in [4.78, 5) is 4.21. The van der Waals surface area contributed by atoms with Gasteiger partial charge in [0.15, 0.2) is 5.82 Å². The van der Waals surface area contributed by atoms with E-state index in [-0.39, 0.29) is 6.04 Å². The number of ether oxygens (including phenoxy) is 1. The van der Waals surface area contributed by atoms with Gasteiger partial charge in [0, 0.05) is 19.1 Å². The Hall–Kier alpha value is -0.940. The molecule has 0 aliphatic heterocycles. The molecule has 1 rings (SSSR count). The van der Waals surface area contributed by atoms with E-state index in [2.05, 4.69) is 24.0 Å². The van der Waals surface area contributed by atoms with E-state index in [0.717, 1.165) is 6.42 Å². The van der Waals surface area contributed by atoms with Crippen molar-refractivity contribution in [2.75, 3.05) is 6.61 Å². The average Bonchev–Trinajstić information content (AvgIpc) is 2.61. The Morgan fingerprint density at radius 3 is 2.81 bits per heavy atom. The van der Waals surface area contributed by atoms with Crippen LogP contribution in [0.4, 0.5) is 0 Å². The van der Waals surface area contributed by atoms with Gasteiger partial charge in [0.25, 0.3) is 0 Å². The van der Waals surface area contributed by atoms with Crippen LogP contribution in [0.25, 0.3) is 0 Å². The summed E-state index contributed by atoms with van der Waals surface area (Å²) in [6.45, 7) is 7.28. The van der Waals surface area contributed by atoms with Crippen LogP contribution in [0.3, 0.4) is 0 Å². The fraction of sp³-hybridized carbons (Fsp3) is 0.818. The first kappa shape index (κ1) is 13.1. The van der Waals surface area contributed by atoms with E-state index in [1.165, 1.54) is 0 Å². The van der Waals surface area contributed by atoms with Gasteiger partial charge >= 0.3 is 0 Å². The van der Waals surface area contributed by atoms with Crippen LogP contribution in [0.15, 0.2) is 4.52 Å². The molecule has 1 heterocycles. The van der Waals surface area contributed by atoms with E-state index in [9.17, 15) is 0 Å². The molecule has 0 radical (unpaired) electrons. The topological polar surface area (TPSA) is 74.2 Å². The molecule has 0 saturated heterocycles. The zero-order valence-electron chi connectivity index (χ0n) is 10.3. The van der Waals surface area contributed by atoms with Gasteiger partial charge in [-0.2, -0.15) is 4.98 Å². The van der Waals surface area contributed by atoms with Crippen LogP contribution in [0, 0.1) is 5.92 Å². The van der Waals surface area contributed by atoms with E-state index in [4.69, 9.17) is 15.0 Å². The first-order chi connectivity index (χ1) is 7.61. The average molecular weight is 227 g/mol. The van der Waals surface area contributed by atoms with Crippen LogP contribution >= 0.6 is 0 Å². The molecule has 0 aromatic carbocycles. The number of aromatic nitrogens is 2. The molecule has 5 nitrogen and oxygen atoms in total. The molecule has 0 aliphatic rings. The Labute approximate surface area is 96.4 Å². The molecular formula is C11H21N3O2. The largest absolute Gasteiger partial charge is 0.374 e. The Morgan fingerprint density at radius 2 is 2.19 bits per heavy atom. The summed E-state index contributed by atoms with van der Waals surface area (Å²) in [6, 6.07) is 0.0837. The molecule has 0 amide bonds. The van der Waals surface area contributed by atoms with Gasteiger partial charge in [-0.25, -0.2) is 0 Å². The van der Waals surface area contributed by atoms with Gasteiger partial charge in [-0.05, 0) is 19.3 Å². The van der Waals surface area contributed by atoms with Crippen molar-refractivity contribution < 1.29 is 9.26 Å². The van der Waals surface area contributed by atoms with Gasteiger partial charge in [-0.1, -0.05) is 19.0 Å². The molecule has 0 fully saturated rings. The molecule has 1 atom stereocenters. The van der Waals surface area contributed by atoms with Gasteiger partial charge in [0.2, 0.25) is 5.89 Å². The molecule has 0 spiro atoms. The minimum absolute atomic E-state index is 0.0837. The summed E-state index contributed by atoms with van der Waals surface area (Å²) < 4.78 is 10.3. The van der Waals surface area contributed by atoms with E-state index in [0.29, 0.717) is 37.3 Å². The highest BCUT2D eigenvalue weighted by Gasteiger charge is 2.12. The lowest BCUT2D eigenvalue weighted by Crippen LogP contribution is -2.24. The van der Waals surface area contributed by atoms with E-state index >= 15 is 0 Å². The highest BCUT2D eigenvalue weighted by atomic mass is 16.5. The number of nitrogens with two attached hydrogens (primary N) is 1. The maximum Gasteiger partial charge on any atom is 0.228 e. The highest BCUT2D eigenvalue weighted by Crippen LogP contribution is 2.08. The summed E-state index contributed by atoms with van der Waals surface area (Å²) in [7, 11) is 0. The second-order valence-electron chi connectivity index (χ2n) is 4.34. The molecular weight excluding hydrogens is 206 g/mol. The fourth-order valence-corrected chi connectivity index (χ4v) is 1.54. The summed E-state index contributed by atoms with van der Waals surface area (Å²) in [6.07, 6.45) is 1.60. The lowest BCUT2D eigenvalue weighted by atomic mass is 10.0. The van der Waals surface area contributed by atoms with E-state index in [1.54, 1.807) is 0 Å². The van der Waals surface area contributed by atoms with Crippen molar-refractivity contribution in [3.05, 3.63) is 11.7 Å². The Morgan fingerprint density at radius 1 is 1.44 bits per heavy atom. The lowest BCUT2D eigenvalue weighted by Gasteiger charge is -2.10. The van der Waals surface area contributed by atoms with Crippen molar-refractivity contribution in [1.29, 1.82) is 0 Å². The van der Waals surface area contributed by atoms with Gasteiger partial charge in [-0.15, -0.1) is 0 Å². The third kappa shape index (κ3) is 4.72. The first-order valence-corrected chi connectivity index (χ1v) is 5.76. The van der Waals surface area contributed by atoms with Crippen LogP contribution in [0.5, 0.6) is 0 Å². The van der Waals surface area contributed by atoms with Crippen molar-refractivity contribution in [3.8, 4) is 0 Å². The van der Waals surface area contributed by atoms with Gasteiger partial charge in [-0.3, -0.25) is 0 Å². The number of hydrogen-bond acceptors (Lipinski definition) is 5. The quantitative estimate of drug-likeness (QED) is 0.764. The van der Waals surface area contributed by atoms with Gasteiger partial charge in [0.1, 0.15) is 6.61 Å². The van der Waals surface area contributed by atoms with Crippen molar-refractivity contribution in [3.63, 3.8) is 0 Å². The molecule has 0 aliphatic carbocycles. The fourth-order valence-electron chi connectivity index (χ4n) is 1.54. The molecule has 1 unspecified atom stereocenters. The third-order valence-electron chi connectivity index (χ3n) is 2.16. The van der Waals surface area contributed by atoms with Crippen LogP contribution in [-0.2, 0) is 17.8 Å². The summed E-state index contributed by atoms with van der Waals surface area (Å²) in [5, 5.41) is 3.82. The maximum atomic E-state index is 5.96. The molecule has 0 bridgehead atoms. The predicted molar refractivity (Wildman–Crippen MR) is 60.8 cm³/mol. The van der Waals surface area contributed by atoms with Gasteiger partial charge < -0.3 is 15.0 Å². The minimum atomic E-state index is 0.0837. The molecule has 0 saturated carbocycles. The van der Waals surface area contributed by atoms with Gasteiger partial charge in [0.05, 0.1) is 0 Å². The maximum absolute atomic E-state index is 5.96. The molecule has 2 N–H and O–H groups in total. The summed E-state index contributed by atoms with van der Waals surface area (Å²) in [5.74, 6) is 1.78. The summed E-state index contributed by atoms with van der Waals surface area (Å²) in [5.41, 5.74) is 5.96. The van der Waals surface area contributed by atoms with Crippen LogP contribution < -0.4 is 5.73 Å². The third-order valence-corrected chi connectivity index (χ3v) is 2.16. The Balaban J connectivity index is 2.39. The normalized spacial score (nSPS) is 13.3. The smallest absolute Gasteiger partial charge is 0.228 e. The molecule has 5 heteroatoms. The molecule has 92 valence electrons. The second-order valence-corrected chi connectivity index (χ2v) is 4.34. The van der Waals surface area contributed by atoms with Crippen molar-refractivity contribution >= 4 is 0 Å². The highest BCUT2D eigenvalue weighted by molar-refractivity contribution is 4.87. The number of nitrogens with zero attached hydrogens (tertiary/aromatic N) is 2. The molecule has 1 aromatic heterocycles. The standard InChI is InChI=1S/C11H21N3O2/c1-4-15-7-10-13-11(16-14-10)6-9(12)5-8(2)3/h8-9H,4-7,12H2,1-3H3. The Bertz CT molecular complexity index is 299. The molecule has 16 heavy (non-hydrogen) atoms. The SMILES string of the molecule is CCOCc1noc(CC(N)CC(C)C)n1. The predicted octanol–water partition coefficient (Wildman–Crippen LogP) is 1.52. The second kappa shape index (κ2) is 6.60. The van der Waals surface area contributed by atoms with Crippen LogP contribution in [0.2, 0.25) is 0 Å². The van der Waals surface area contributed by atoms with Crippen molar-refractivity contribution in [2.24, 2.45) is 11.7 Å². The van der Waals surface area contributed by atoms with E-state index in [1.807, 2.05) is 6.92 Å². The first-order valence-electron chi connectivity index (χ1n) is 5.76. The molecule has 1 aromatic rings. The van der Waals surface area contributed by atoms with Crippen LogP contribution in [0.1, 0.15) is 38.9 Å². The zero-order chi connectivity index (χ0) is 12.0. The lowest BCUT2D eigenvalue weighted by molar-refractivity contribution is 0.126. The minimum Gasteiger partial charge on any atom is -0.374 e. The Kier molecular flexibility index (Phi) is 5.42. The zero-order valence-corrected chi connectivity index (χ0v) is 10.3. The van der Waals surface area contributed by atoms with Crippen molar-refractivity contribution in [2.45, 2.75) is 46.3 Å². The van der Waals surface area contributed by atoms with Crippen molar-refractivity contribution in [1.82, 2.24) is 10.1 Å². The summed E-state index contributed by atoms with van der Waals surface area (Å²) >= 11 is 0. The number of hydrogen-bond donors (Lipinski definition) is 1. The monoisotopic (exact) mass is 227 g/mol. The number of rotatable bonds is 7. The van der Waals surface area contributed by atoms with E-state index < -0.39 is 0 Å².